The molecule has 0 spiro atoms. The van der Waals surface area contributed by atoms with Gasteiger partial charge in [0.05, 0.1) is 7.11 Å². The van der Waals surface area contributed by atoms with Gasteiger partial charge in [0.15, 0.2) is 0 Å². The van der Waals surface area contributed by atoms with E-state index in [9.17, 15) is 9.59 Å². The van der Waals surface area contributed by atoms with Crippen molar-refractivity contribution in [3.8, 4) is 0 Å². The number of amides is 1. The predicted molar refractivity (Wildman–Crippen MR) is 79.4 cm³/mol. The average Bonchev–Trinajstić information content (AvgIpc) is 2.83. The summed E-state index contributed by atoms with van der Waals surface area (Å²) in [6.45, 7) is 3.37. The van der Waals surface area contributed by atoms with Crippen molar-refractivity contribution < 1.29 is 19.4 Å². The van der Waals surface area contributed by atoms with Gasteiger partial charge in [-0.05, 0) is 25.7 Å². The van der Waals surface area contributed by atoms with E-state index in [1.54, 1.807) is 13.3 Å². The maximum Gasteiger partial charge on any atom is 0.320 e. The van der Waals surface area contributed by atoms with Crippen molar-refractivity contribution in [2.24, 2.45) is 5.92 Å². The third kappa shape index (κ3) is 5.59. The third-order valence-corrected chi connectivity index (χ3v) is 3.58. The number of carboxylic acid groups (broad SMARTS) is 1. The second-order valence-corrected chi connectivity index (χ2v) is 5.14. The molecule has 3 N–H and O–H groups in total. The molecule has 3 atom stereocenters. The van der Waals surface area contributed by atoms with Crippen molar-refractivity contribution in [2.75, 3.05) is 7.11 Å². The maximum atomic E-state index is 11.1. The zero-order valence-electron chi connectivity index (χ0n) is 12.8. The molecule has 1 rings (SSSR count). The van der Waals surface area contributed by atoms with Gasteiger partial charge in [0.25, 0.3) is 0 Å². The van der Waals surface area contributed by atoms with E-state index in [2.05, 4.69) is 10.6 Å². The van der Waals surface area contributed by atoms with E-state index in [0.717, 1.165) is 6.42 Å². The number of aliphatic carboxylic acids is 1. The van der Waals surface area contributed by atoms with Gasteiger partial charge in [-0.15, -0.1) is 0 Å². The van der Waals surface area contributed by atoms with E-state index in [4.69, 9.17) is 9.84 Å². The Morgan fingerprint density at radius 3 is 2.71 bits per heavy atom. The molecule has 0 saturated carbocycles. The van der Waals surface area contributed by atoms with Gasteiger partial charge in [0.2, 0.25) is 5.91 Å². The van der Waals surface area contributed by atoms with Crippen LogP contribution in [0.2, 0.25) is 0 Å². The summed E-state index contributed by atoms with van der Waals surface area (Å²) in [5.74, 6) is -0.0889. The highest BCUT2D eigenvalue weighted by Gasteiger charge is 2.35. The summed E-state index contributed by atoms with van der Waals surface area (Å²) in [4.78, 5) is 22.0. The first-order valence-corrected chi connectivity index (χ1v) is 7.09. The van der Waals surface area contributed by atoms with Crippen LogP contribution in [0.5, 0.6) is 0 Å². The van der Waals surface area contributed by atoms with Crippen molar-refractivity contribution in [1.82, 2.24) is 10.6 Å². The Labute approximate surface area is 125 Å². The molecule has 0 radical (unpaired) electrons. The lowest BCUT2D eigenvalue weighted by molar-refractivity contribution is -0.139. The lowest BCUT2D eigenvalue weighted by atomic mass is 9.95. The number of hydrogen-bond donors (Lipinski definition) is 3. The Kier molecular flexibility index (Phi) is 6.94. The van der Waals surface area contributed by atoms with Gasteiger partial charge in [0.1, 0.15) is 11.8 Å². The number of carboxylic acids is 1. The van der Waals surface area contributed by atoms with Crippen molar-refractivity contribution in [2.45, 2.75) is 45.2 Å². The average molecular weight is 296 g/mol. The van der Waals surface area contributed by atoms with Crippen molar-refractivity contribution >= 4 is 11.9 Å². The molecule has 21 heavy (non-hydrogen) atoms. The van der Waals surface area contributed by atoms with Gasteiger partial charge in [-0.1, -0.05) is 12.2 Å². The quantitative estimate of drug-likeness (QED) is 0.488. The van der Waals surface area contributed by atoms with Crippen LogP contribution < -0.4 is 10.6 Å². The largest absolute Gasteiger partial charge is 0.500 e. The number of carbonyl (C=O) groups is 2. The third-order valence-electron chi connectivity index (χ3n) is 3.58. The normalized spacial score (nSPS) is 26.0. The molecule has 1 saturated heterocycles. The Hall–Kier alpha value is -1.82. The molecule has 1 fully saturated rings. The van der Waals surface area contributed by atoms with E-state index in [1.165, 1.54) is 6.92 Å². The van der Waals surface area contributed by atoms with Crippen LogP contribution in [0, 0.1) is 5.92 Å². The SMILES string of the molecule is C/C=C\[C@@H]1C[C@H](C(=O)O)N[C@@H]1CC/C(=C/NC(C)=O)OC. The molecule has 0 aliphatic carbocycles. The fourth-order valence-corrected chi connectivity index (χ4v) is 2.53. The van der Waals surface area contributed by atoms with Crippen LogP contribution in [0.4, 0.5) is 0 Å². The van der Waals surface area contributed by atoms with E-state index in [-0.39, 0.29) is 17.9 Å². The Morgan fingerprint density at radius 2 is 2.19 bits per heavy atom. The first-order valence-electron chi connectivity index (χ1n) is 7.09. The number of rotatable bonds is 7. The summed E-state index contributed by atoms with van der Waals surface area (Å²) >= 11 is 0. The fraction of sp³-hybridized carbons (Fsp3) is 0.600. The molecule has 1 amide bonds. The molecule has 0 aromatic carbocycles. The van der Waals surface area contributed by atoms with E-state index in [1.807, 2.05) is 19.1 Å². The minimum Gasteiger partial charge on any atom is -0.500 e. The molecule has 118 valence electrons. The van der Waals surface area contributed by atoms with Crippen molar-refractivity contribution in [3.05, 3.63) is 24.1 Å². The fourth-order valence-electron chi connectivity index (χ4n) is 2.53. The van der Waals surface area contributed by atoms with Crippen LogP contribution in [0.25, 0.3) is 0 Å². The van der Waals surface area contributed by atoms with Crippen LogP contribution in [0.1, 0.15) is 33.1 Å². The minimum absolute atomic E-state index is 0.0955. The Bertz CT molecular complexity index is 431. The summed E-state index contributed by atoms with van der Waals surface area (Å²) < 4.78 is 5.21. The monoisotopic (exact) mass is 296 g/mol. The van der Waals surface area contributed by atoms with Gasteiger partial charge in [-0.3, -0.25) is 9.59 Å². The topological polar surface area (TPSA) is 87.7 Å². The number of carbonyl (C=O) groups excluding carboxylic acids is 1. The molecular weight excluding hydrogens is 272 g/mol. The van der Waals surface area contributed by atoms with Gasteiger partial charge in [0, 0.05) is 25.6 Å². The first-order chi connectivity index (χ1) is 9.97. The molecule has 1 aliphatic heterocycles. The first kappa shape index (κ1) is 17.2. The molecule has 0 aromatic heterocycles. The highest BCUT2D eigenvalue weighted by atomic mass is 16.5. The molecule has 6 nitrogen and oxygen atoms in total. The number of methoxy groups -OCH3 is 1. The van der Waals surface area contributed by atoms with Crippen LogP contribution in [0.3, 0.4) is 0 Å². The van der Waals surface area contributed by atoms with E-state index < -0.39 is 12.0 Å². The van der Waals surface area contributed by atoms with Crippen LogP contribution in [-0.2, 0) is 14.3 Å². The number of ether oxygens (including phenoxy) is 1. The molecule has 1 heterocycles. The maximum absolute atomic E-state index is 11.1. The zero-order chi connectivity index (χ0) is 15.8. The summed E-state index contributed by atoms with van der Waals surface area (Å²) in [5, 5.41) is 14.8. The molecule has 0 bridgehead atoms. The summed E-state index contributed by atoms with van der Waals surface area (Å²) in [7, 11) is 1.55. The van der Waals surface area contributed by atoms with Crippen molar-refractivity contribution in [3.63, 3.8) is 0 Å². The number of nitrogens with one attached hydrogen (secondary N) is 2. The second kappa shape index (κ2) is 8.46. The highest BCUT2D eigenvalue weighted by molar-refractivity contribution is 5.74. The standard InChI is InChI=1S/C15H24N2O4/c1-4-5-11-8-14(15(19)20)17-13(11)7-6-12(21-3)9-16-10(2)18/h4-5,9,11,13-14,17H,6-8H2,1-3H3,(H,16,18)(H,19,20)/b5-4-,12-9-/t11-,13-,14-/m1/s1. The smallest absolute Gasteiger partial charge is 0.320 e. The minimum atomic E-state index is -0.812. The summed E-state index contributed by atoms with van der Waals surface area (Å²) in [6, 6.07) is -0.403. The van der Waals surface area contributed by atoms with Gasteiger partial charge in [-0.2, -0.15) is 0 Å². The van der Waals surface area contributed by atoms with Crippen LogP contribution in [-0.4, -0.2) is 36.2 Å². The predicted octanol–water partition coefficient (Wildman–Crippen LogP) is 1.40. The van der Waals surface area contributed by atoms with E-state index in [0.29, 0.717) is 18.6 Å². The lowest BCUT2D eigenvalue weighted by Crippen LogP contribution is -2.36. The summed E-state index contributed by atoms with van der Waals surface area (Å²) in [6.07, 6.45) is 7.53. The van der Waals surface area contributed by atoms with Crippen LogP contribution >= 0.6 is 0 Å². The second-order valence-electron chi connectivity index (χ2n) is 5.14. The van der Waals surface area contributed by atoms with Crippen molar-refractivity contribution in [1.29, 1.82) is 0 Å². The Balaban J connectivity index is 2.60. The highest BCUT2D eigenvalue weighted by Crippen LogP contribution is 2.26. The van der Waals surface area contributed by atoms with Gasteiger partial charge < -0.3 is 20.5 Å². The number of allylic oxidation sites excluding steroid dienone is 2. The zero-order valence-corrected chi connectivity index (χ0v) is 12.8. The lowest BCUT2D eigenvalue weighted by Gasteiger charge is -2.17. The van der Waals surface area contributed by atoms with Crippen LogP contribution in [0.15, 0.2) is 24.1 Å². The molecule has 0 aromatic rings. The van der Waals surface area contributed by atoms with Gasteiger partial charge in [-0.25, -0.2) is 0 Å². The molecule has 0 unspecified atom stereocenters. The number of hydrogen-bond acceptors (Lipinski definition) is 4. The molecule has 6 heteroatoms. The molecular formula is C15H24N2O4. The molecule has 1 aliphatic rings. The van der Waals surface area contributed by atoms with E-state index >= 15 is 0 Å². The summed E-state index contributed by atoms with van der Waals surface area (Å²) in [5.41, 5.74) is 0. The van der Waals surface area contributed by atoms with Gasteiger partial charge >= 0.3 is 5.97 Å². The Morgan fingerprint density at radius 1 is 1.48 bits per heavy atom.